The number of benzene rings is 1. The van der Waals surface area contributed by atoms with E-state index in [-0.39, 0.29) is 16.6 Å². The molecule has 2 heterocycles. The van der Waals surface area contributed by atoms with Crippen LogP contribution in [0.3, 0.4) is 0 Å². The van der Waals surface area contributed by atoms with Crippen LogP contribution in [0.25, 0.3) is 0 Å². The highest BCUT2D eigenvalue weighted by atomic mass is 32.1. The fourth-order valence-electron chi connectivity index (χ4n) is 2.98. The molecule has 1 atom stereocenters. The third-order valence-corrected chi connectivity index (χ3v) is 5.42. The molecule has 144 valence electrons. The van der Waals surface area contributed by atoms with E-state index >= 15 is 0 Å². The Morgan fingerprint density at radius 2 is 1.68 bits per heavy atom. The molecule has 1 unspecified atom stereocenters. The lowest BCUT2D eigenvalue weighted by Gasteiger charge is -2.15. The van der Waals surface area contributed by atoms with Gasteiger partial charge < -0.3 is 10.5 Å². The van der Waals surface area contributed by atoms with E-state index in [1.165, 1.54) is 24.5 Å². The van der Waals surface area contributed by atoms with Crippen LogP contribution in [-0.4, -0.2) is 21.8 Å². The summed E-state index contributed by atoms with van der Waals surface area (Å²) in [5.74, 6) is -1.02. The maximum Gasteiger partial charge on any atom is 0.351 e. The monoisotopic (exact) mass is 396 g/mol. The number of aromatic nitrogens is 2. The first-order valence-corrected chi connectivity index (χ1v) is 9.45. The van der Waals surface area contributed by atoms with Crippen LogP contribution in [0.15, 0.2) is 36.7 Å². The van der Waals surface area contributed by atoms with Gasteiger partial charge in [0.1, 0.15) is 4.88 Å². The van der Waals surface area contributed by atoms with Crippen LogP contribution in [-0.2, 0) is 0 Å². The SMILES string of the molecule is Cc1cc(C)c(NC(=O)c2sc([NH+]([O-])C(=O)c3ccncc3)nc2C)c(C)c1. The molecular weight excluding hydrogens is 376 g/mol. The fourth-order valence-corrected chi connectivity index (χ4v) is 3.88. The third kappa shape index (κ3) is 3.99. The summed E-state index contributed by atoms with van der Waals surface area (Å²) in [7, 11) is 0. The van der Waals surface area contributed by atoms with Crippen LogP contribution in [0, 0.1) is 32.9 Å². The van der Waals surface area contributed by atoms with E-state index in [0.29, 0.717) is 10.6 Å². The standard InChI is InChI=1S/C20H20N4O3S/c1-11-9-12(2)16(13(3)10-11)23-18(25)17-14(4)22-20(28-17)24(27)19(26)15-5-7-21-8-6-15/h5-10,24H,1-4H3,(H,23,25). The van der Waals surface area contributed by atoms with Gasteiger partial charge in [-0.25, -0.2) is 9.86 Å². The van der Waals surface area contributed by atoms with Gasteiger partial charge in [0, 0.05) is 18.1 Å². The van der Waals surface area contributed by atoms with Gasteiger partial charge >= 0.3 is 5.91 Å². The highest BCUT2D eigenvalue weighted by Gasteiger charge is 2.24. The number of nitrogens with zero attached hydrogens (tertiary/aromatic N) is 2. The minimum atomic E-state index is -0.735. The molecule has 0 aliphatic rings. The number of hydroxylamine groups is 1. The number of anilines is 1. The molecule has 2 N–H and O–H groups in total. The number of amides is 2. The maximum absolute atomic E-state index is 12.8. The zero-order valence-corrected chi connectivity index (χ0v) is 16.8. The second-order valence-corrected chi connectivity index (χ2v) is 7.55. The fraction of sp³-hybridized carbons (Fsp3) is 0.200. The first-order valence-electron chi connectivity index (χ1n) is 8.63. The summed E-state index contributed by atoms with van der Waals surface area (Å²) in [6.45, 7) is 7.50. The molecule has 0 bridgehead atoms. The normalized spacial score (nSPS) is 11.9. The maximum atomic E-state index is 12.8. The van der Waals surface area contributed by atoms with Gasteiger partial charge in [-0.05, 0) is 51.0 Å². The Morgan fingerprint density at radius 3 is 2.29 bits per heavy atom. The Morgan fingerprint density at radius 1 is 1.07 bits per heavy atom. The van der Waals surface area contributed by atoms with E-state index in [0.717, 1.165) is 33.7 Å². The number of pyridine rings is 1. The van der Waals surface area contributed by atoms with E-state index in [4.69, 9.17) is 0 Å². The molecule has 2 aromatic heterocycles. The van der Waals surface area contributed by atoms with Gasteiger partial charge in [-0.2, -0.15) is 4.98 Å². The molecule has 2 amide bonds. The quantitative estimate of drug-likeness (QED) is 0.661. The Hall–Kier alpha value is -2.94. The number of quaternary nitrogens is 1. The molecule has 0 aliphatic heterocycles. The summed E-state index contributed by atoms with van der Waals surface area (Å²) < 4.78 is 0. The van der Waals surface area contributed by atoms with Crippen molar-refractivity contribution in [2.45, 2.75) is 27.7 Å². The minimum absolute atomic E-state index is 0.00168. The number of nitrogens with one attached hydrogen (secondary N) is 2. The topological polar surface area (TPSA) is 99.4 Å². The van der Waals surface area contributed by atoms with Crippen LogP contribution in [0.4, 0.5) is 10.8 Å². The lowest BCUT2D eigenvalue weighted by molar-refractivity contribution is -0.679. The molecule has 0 aliphatic carbocycles. The molecule has 0 saturated heterocycles. The lowest BCUT2D eigenvalue weighted by atomic mass is 10.1. The van der Waals surface area contributed by atoms with Crippen LogP contribution < -0.4 is 10.4 Å². The molecule has 0 saturated carbocycles. The highest BCUT2D eigenvalue weighted by molar-refractivity contribution is 7.17. The molecule has 0 radical (unpaired) electrons. The molecule has 7 nitrogen and oxygen atoms in total. The number of aryl methyl sites for hydroxylation is 4. The molecular formula is C20H20N4O3S. The molecule has 3 rings (SSSR count). The number of carbonyl (C=O) groups excluding carboxylic acids is 2. The van der Waals surface area contributed by atoms with Gasteiger partial charge in [-0.3, -0.25) is 9.78 Å². The predicted molar refractivity (Wildman–Crippen MR) is 108 cm³/mol. The van der Waals surface area contributed by atoms with E-state index < -0.39 is 11.0 Å². The van der Waals surface area contributed by atoms with Crippen molar-refractivity contribution in [3.05, 3.63) is 74.7 Å². The van der Waals surface area contributed by atoms with E-state index in [2.05, 4.69) is 15.3 Å². The van der Waals surface area contributed by atoms with Gasteiger partial charge in [0.05, 0.1) is 11.3 Å². The summed E-state index contributed by atoms with van der Waals surface area (Å²) in [6.07, 6.45) is 2.89. The Balaban J connectivity index is 1.84. The second-order valence-electron chi connectivity index (χ2n) is 6.56. The second kappa shape index (κ2) is 7.97. The van der Waals surface area contributed by atoms with E-state index in [9.17, 15) is 14.8 Å². The average Bonchev–Trinajstić information content (AvgIpc) is 3.05. The van der Waals surface area contributed by atoms with Crippen LogP contribution in [0.5, 0.6) is 0 Å². The predicted octanol–water partition coefficient (Wildman–Crippen LogP) is 2.88. The molecule has 0 fully saturated rings. The van der Waals surface area contributed by atoms with Gasteiger partial charge in [-0.15, -0.1) is 0 Å². The van der Waals surface area contributed by atoms with Crippen LogP contribution in [0.2, 0.25) is 0 Å². The van der Waals surface area contributed by atoms with Crippen molar-refractivity contribution in [2.75, 3.05) is 5.32 Å². The minimum Gasteiger partial charge on any atom is -0.619 e. The van der Waals surface area contributed by atoms with Gasteiger partial charge in [0.15, 0.2) is 0 Å². The molecule has 1 aromatic carbocycles. The Labute approximate surface area is 166 Å². The molecule has 28 heavy (non-hydrogen) atoms. The Bertz CT molecular complexity index is 1020. The number of hydrogen-bond acceptors (Lipinski definition) is 6. The summed E-state index contributed by atoms with van der Waals surface area (Å²) in [5, 5.41) is 14.7. The first kappa shape index (κ1) is 19.8. The first-order chi connectivity index (χ1) is 13.3. The largest absolute Gasteiger partial charge is 0.619 e. The van der Waals surface area contributed by atoms with Gasteiger partial charge in [0.2, 0.25) is 0 Å². The average molecular weight is 396 g/mol. The van der Waals surface area contributed by atoms with Crippen molar-refractivity contribution < 1.29 is 14.7 Å². The zero-order chi connectivity index (χ0) is 20.4. The number of carbonyl (C=O) groups is 2. The van der Waals surface area contributed by atoms with Crippen molar-refractivity contribution in [2.24, 2.45) is 0 Å². The number of hydrogen-bond donors (Lipinski definition) is 2. The van der Waals surface area contributed by atoms with Crippen molar-refractivity contribution in [1.29, 1.82) is 0 Å². The summed E-state index contributed by atoms with van der Waals surface area (Å²) in [6, 6.07) is 6.92. The van der Waals surface area contributed by atoms with Crippen molar-refractivity contribution in [3.63, 3.8) is 0 Å². The van der Waals surface area contributed by atoms with Crippen molar-refractivity contribution in [1.82, 2.24) is 9.97 Å². The molecule has 0 spiro atoms. The smallest absolute Gasteiger partial charge is 0.351 e. The molecule has 8 heteroatoms. The van der Waals surface area contributed by atoms with Crippen LogP contribution in [0.1, 0.15) is 42.4 Å². The third-order valence-electron chi connectivity index (χ3n) is 4.26. The summed E-state index contributed by atoms with van der Waals surface area (Å²) >= 11 is 0.924. The zero-order valence-electron chi connectivity index (χ0n) is 16.0. The van der Waals surface area contributed by atoms with Gasteiger partial charge in [0.25, 0.3) is 11.0 Å². The Kier molecular flexibility index (Phi) is 5.64. The number of thiazole rings is 1. The van der Waals surface area contributed by atoms with Gasteiger partial charge in [-0.1, -0.05) is 29.0 Å². The van der Waals surface area contributed by atoms with Crippen molar-refractivity contribution >= 4 is 34.0 Å². The van der Waals surface area contributed by atoms with Crippen molar-refractivity contribution in [3.8, 4) is 0 Å². The van der Waals surface area contributed by atoms with Crippen LogP contribution >= 0.6 is 11.3 Å². The number of rotatable bonds is 4. The summed E-state index contributed by atoms with van der Waals surface area (Å²) in [5.41, 5.74) is 4.42. The summed E-state index contributed by atoms with van der Waals surface area (Å²) in [4.78, 5) is 33.4. The highest BCUT2D eigenvalue weighted by Crippen LogP contribution is 2.25. The molecule has 3 aromatic rings. The van der Waals surface area contributed by atoms with E-state index in [1.54, 1.807) is 6.92 Å². The lowest BCUT2D eigenvalue weighted by Crippen LogP contribution is -3.05. The van der Waals surface area contributed by atoms with E-state index in [1.807, 2.05) is 32.9 Å².